The summed E-state index contributed by atoms with van der Waals surface area (Å²) in [5.41, 5.74) is 5.58. The minimum Gasteiger partial charge on any atom is -0.371 e. The number of aromatic nitrogens is 1. The molecule has 3 aromatic rings. The Labute approximate surface area is 209 Å². The monoisotopic (exact) mass is 556 g/mol. The van der Waals surface area contributed by atoms with Gasteiger partial charge in [-0.15, -0.1) is 0 Å². The third-order valence-corrected chi connectivity index (χ3v) is 7.55. The van der Waals surface area contributed by atoms with Gasteiger partial charge >= 0.3 is 0 Å². The number of hydrogen-bond acceptors (Lipinski definition) is 3. The molecule has 1 aliphatic heterocycles. The molecule has 1 aromatic heterocycles. The van der Waals surface area contributed by atoms with E-state index >= 15 is 0 Å². The summed E-state index contributed by atoms with van der Waals surface area (Å²) in [4.78, 5) is 4.56. The first kappa shape index (κ1) is 23.8. The molecule has 0 saturated carbocycles. The molecule has 0 atom stereocenters. The Morgan fingerprint density at radius 3 is 2.55 bits per heavy atom. The van der Waals surface area contributed by atoms with Crippen LogP contribution in [0.25, 0.3) is 16.6 Å². The minimum atomic E-state index is -0.175. The van der Waals surface area contributed by atoms with Gasteiger partial charge in [-0.3, -0.25) is 4.57 Å². The zero-order valence-electron chi connectivity index (χ0n) is 19.3. The van der Waals surface area contributed by atoms with Gasteiger partial charge in [0.05, 0.1) is 5.52 Å². The number of likely N-dealkylation sites (tertiary alicyclic amines) is 1. The molecule has 1 aliphatic rings. The Bertz CT molecular complexity index is 1180. The highest BCUT2D eigenvalue weighted by molar-refractivity contribution is 14.1. The Balaban J connectivity index is 1.49. The summed E-state index contributed by atoms with van der Waals surface area (Å²) >= 11 is 2.37. The lowest BCUT2D eigenvalue weighted by Gasteiger charge is -2.35. The Morgan fingerprint density at radius 1 is 1.21 bits per heavy atom. The molecule has 172 valence electrons. The van der Waals surface area contributed by atoms with Crippen molar-refractivity contribution in [2.24, 2.45) is 5.92 Å². The van der Waals surface area contributed by atoms with Gasteiger partial charge in [-0.1, -0.05) is 18.7 Å². The minimum absolute atomic E-state index is 0.175. The summed E-state index contributed by atoms with van der Waals surface area (Å²) < 4.78 is 16.0. The van der Waals surface area contributed by atoms with Gasteiger partial charge in [0.1, 0.15) is 5.82 Å². The summed E-state index contributed by atoms with van der Waals surface area (Å²) in [5, 5.41) is 10.7. The van der Waals surface area contributed by atoms with E-state index in [1.165, 1.54) is 11.1 Å². The maximum atomic E-state index is 13.2. The Hall–Kier alpha value is -2.37. The van der Waals surface area contributed by atoms with Gasteiger partial charge in [-0.25, -0.2) is 4.39 Å². The lowest BCUT2D eigenvalue weighted by atomic mass is 9.89. The molecule has 0 aliphatic carbocycles. The summed E-state index contributed by atoms with van der Waals surface area (Å²) in [6, 6.07) is 11.2. The van der Waals surface area contributed by atoms with E-state index < -0.39 is 0 Å². The van der Waals surface area contributed by atoms with E-state index in [4.69, 9.17) is 0 Å². The van der Waals surface area contributed by atoms with Crippen LogP contribution >= 0.6 is 22.6 Å². The largest absolute Gasteiger partial charge is 0.371 e. The maximum Gasteiger partial charge on any atom is 0.188 e. The second-order valence-corrected chi connectivity index (χ2v) is 10.4. The highest BCUT2D eigenvalue weighted by Crippen LogP contribution is 2.33. The van der Waals surface area contributed by atoms with E-state index in [9.17, 15) is 9.65 Å². The molecule has 0 unspecified atom stereocenters. The van der Waals surface area contributed by atoms with Crippen molar-refractivity contribution in [3.8, 4) is 6.19 Å². The van der Waals surface area contributed by atoms with Gasteiger partial charge in [-0.2, -0.15) is 5.26 Å². The molecule has 1 fully saturated rings. The number of hydrogen-bond donors (Lipinski definition) is 0. The summed E-state index contributed by atoms with van der Waals surface area (Å²) in [6.07, 6.45) is 8.37. The van der Waals surface area contributed by atoms with Gasteiger partial charge in [0.2, 0.25) is 0 Å². The van der Waals surface area contributed by atoms with Crippen molar-refractivity contribution in [3.05, 3.63) is 75.3 Å². The SMILES string of the molecule is C=C(c1cc2c(CCN(C)C)cn(C#N)c2cc1I)N1CCC(Cc2ccc(F)cc2)CC1. The number of halogens is 2. The molecular weight excluding hydrogens is 526 g/mol. The van der Waals surface area contributed by atoms with Gasteiger partial charge in [0.15, 0.2) is 6.19 Å². The van der Waals surface area contributed by atoms with Crippen molar-refractivity contribution in [1.82, 2.24) is 14.4 Å². The lowest BCUT2D eigenvalue weighted by molar-refractivity contribution is 0.254. The second kappa shape index (κ2) is 10.3. The summed E-state index contributed by atoms with van der Waals surface area (Å²) in [7, 11) is 4.14. The smallest absolute Gasteiger partial charge is 0.188 e. The van der Waals surface area contributed by atoms with Crippen molar-refractivity contribution in [1.29, 1.82) is 5.26 Å². The lowest BCUT2D eigenvalue weighted by Crippen LogP contribution is -2.33. The van der Waals surface area contributed by atoms with Crippen molar-refractivity contribution in [2.75, 3.05) is 33.7 Å². The van der Waals surface area contributed by atoms with Crippen LogP contribution in [0.15, 0.2) is 49.2 Å². The molecule has 6 heteroatoms. The van der Waals surface area contributed by atoms with Crippen LogP contribution in [0.2, 0.25) is 0 Å². The number of nitriles is 1. The van der Waals surface area contributed by atoms with Crippen molar-refractivity contribution < 1.29 is 4.39 Å². The Morgan fingerprint density at radius 2 is 1.91 bits per heavy atom. The normalized spacial score (nSPS) is 14.7. The molecule has 4 rings (SSSR count). The molecule has 1 saturated heterocycles. The van der Waals surface area contributed by atoms with Crippen LogP contribution in [0.3, 0.4) is 0 Å². The molecule has 0 amide bonds. The number of fused-ring (bicyclic) bond motifs is 1. The Kier molecular flexibility index (Phi) is 7.40. The van der Waals surface area contributed by atoms with Gasteiger partial charge in [0.25, 0.3) is 0 Å². The van der Waals surface area contributed by atoms with Crippen LogP contribution in [0.4, 0.5) is 4.39 Å². The molecule has 0 spiro atoms. The molecule has 0 N–H and O–H groups in total. The molecule has 2 heterocycles. The third-order valence-electron chi connectivity index (χ3n) is 6.66. The fourth-order valence-corrected chi connectivity index (χ4v) is 5.45. The van der Waals surface area contributed by atoms with Crippen LogP contribution in [0.5, 0.6) is 0 Å². The molecule has 0 radical (unpaired) electrons. The van der Waals surface area contributed by atoms with Crippen molar-refractivity contribution in [2.45, 2.75) is 25.7 Å². The van der Waals surface area contributed by atoms with Crippen LogP contribution in [-0.2, 0) is 12.8 Å². The highest BCUT2D eigenvalue weighted by atomic mass is 127. The molecule has 33 heavy (non-hydrogen) atoms. The summed E-state index contributed by atoms with van der Waals surface area (Å²) in [6.45, 7) is 7.36. The number of nitrogens with zero attached hydrogens (tertiary/aromatic N) is 4. The average Bonchev–Trinajstić information content (AvgIpc) is 3.15. The van der Waals surface area contributed by atoms with E-state index in [0.717, 1.165) is 71.1 Å². The zero-order chi connectivity index (χ0) is 23.5. The van der Waals surface area contributed by atoms with Gasteiger partial charge in [0, 0.05) is 46.0 Å². The average molecular weight is 556 g/mol. The van der Waals surface area contributed by atoms with Crippen LogP contribution < -0.4 is 0 Å². The highest BCUT2D eigenvalue weighted by Gasteiger charge is 2.23. The number of benzene rings is 2. The van der Waals surface area contributed by atoms with Gasteiger partial charge in [-0.05, 0) is 104 Å². The van der Waals surface area contributed by atoms with E-state index in [0.29, 0.717) is 5.92 Å². The first-order valence-corrected chi connectivity index (χ1v) is 12.5. The van der Waals surface area contributed by atoms with Crippen LogP contribution in [0, 0.1) is 26.8 Å². The molecule has 2 aromatic carbocycles. The van der Waals surface area contributed by atoms with Crippen LogP contribution in [-0.4, -0.2) is 48.1 Å². The third kappa shape index (κ3) is 5.42. The van der Waals surface area contributed by atoms with Gasteiger partial charge < -0.3 is 9.80 Å². The van der Waals surface area contributed by atoms with E-state index in [2.05, 4.69) is 71.4 Å². The maximum absolute atomic E-state index is 13.2. The fourth-order valence-electron chi connectivity index (χ4n) is 4.69. The number of rotatable bonds is 7. The molecule has 4 nitrogen and oxygen atoms in total. The van der Waals surface area contributed by atoms with Crippen molar-refractivity contribution >= 4 is 39.2 Å². The molecule has 0 bridgehead atoms. The van der Waals surface area contributed by atoms with E-state index in [1.807, 2.05) is 18.3 Å². The standard InChI is InChI=1S/C27H30FIN4/c1-19(32-12-8-21(9-13-32)14-20-4-6-23(28)7-5-20)24-15-25-22(10-11-31(2)3)17-33(18-30)27(25)16-26(24)29/h4-7,15-17,21H,1,8-14H2,2-3H3. The van der Waals surface area contributed by atoms with E-state index in [1.54, 1.807) is 16.7 Å². The summed E-state index contributed by atoms with van der Waals surface area (Å²) in [5.74, 6) is 0.440. The second-order valence-electron chi connectivity index (χ2n) is 9.23. The van der Waals surface area contributed by atoms with Crippen LogP contribution in [0.1, 0.15) is 29.5 Å². The fraction of sp³-hybridized carbons (Fsp3) is 0.370. The number of piperidine rings is 1. The first-order valence-electron chi connectivity index (χ1n) is 11.4. The first-order chi connectivity index (χ1) is 15.9. The number of likely N-dealkylation sites (N-methyl/N-ethyl adjacent to an activating group) is 1. The van der Waals surface area contributed by atoms with Crippen molar-refractivity contribution in [3.63, 3.8) is 0 Å². The zero-order valence-corrected chi connectivity index (χ0v) is 21.5. The molecular formula is C27H30FIN4. The predicted molar refractivity (Wildman–Crippen MR) is 141 cm³/mol. The quantitative estimate of drug-likeness (QED) is 0.348. The topological polar surface area (TPSA) is 35.2 Å². The van der Waals surface area contributed by atoms with E-state index in [-0.39, 0.29) is 5.82 Å². The predicted octanol–water partition coefficient (Wildman–Crippen LogP) is 5.74.